The van der Waals surface area contributed by atoms with Crippen LogP contribution < -0.4 is 10.1 Å². The number of nitrogens with one attached hydrogen (secondary N) is 1. The lowest BCUT2D eigenvalue weighted by atomic mass is 10.2. The molecule has 0 aliphatic rings. The molecule has 0 aliphatic heterocycles. The predicted octanol–water partition coefficient (Wildman–Crippen LogP) is 8.13. The zero-order chi connectivity index (χ0) is 40.8. The fourth-order valence-corrected chi connectivity index (χ4v) is 9.64. The third-order valence-corrected chi connectivity index (χ3v) is 13.7. The SMILES string of the molecule is C=CCN(CCCN(CCCN=[N+]=[N-])C(=O)OC(C)(C)C(Cl)(Cl)Cl)CCCN(CCCCNC(=O)/C=C/c1ccc(OC)cc1)S(=O)(=O)CC[Si](C)(C)C. The highest BCUT2D eigenvalue weighted by molar-refractivity contribution is 7.89. The molecule has 0 heterocycles. The van der Waals surface area contributed by atoms with Crippen molar-refractivity contribution in [1.82, 2.24) is 19.4 Å². The molecule has 0 saturated carbocycles. The molecule has 18 heteroatoms. The summed E-state index contributed by atoms with van der Waals surface area (Å²) in [5.74, 6) is 0.641. The molecule has 13 nitrogen and oxygen atoms in total. The first-order valence-corrected chi connectivity index (χ1v) is 24.7. The molecular formula is C36H60Cl3N7O6SSi. The molecule has 54 heavy (non-hydrogen) atoms. The van der Waals surface area contributed by atoms with Gasteiger partial charge in [0.15, 0.2) is 5.60 Å². The Hall–Kier alpha value is -2.49. The number of amides is 2. The summed E-state index contributed by atoms with van der Waals surface area (Å²) in [6, 6.07) is 8.04. The van der Waals surface area contributed by atoms with Gasteiger partial charge < -0.3 is 19.7 Å². The molecular weight excluding hydrogens is 793 g/mol. The van der Waals surface area contributed by atoms with Crippen LogP contribution >= 0.6 is 34.8 Å². The van der Waals surface area contributed by atoms with E-state index in [1.54, 1.807) is 23.6 Å². The monoisotopic (exact) mass is 851 g/mol. The van der Waals surface area contributed by atoms with Gasteiger partial charge in [0.1, 0.15) is 5.75 Å². The summed E-state index contributed by atoms with van der Waals surface area (Å²) in [4.78, 5) is 31.9. The Morgan fingerprint density at radius 2 is 1.59 bits per heavy atom. The van der Waals surface area contributed by atoms with Crippen molar-refractivity contribution in [3.05, 3.63) is 59.0 Å². The van der Waals surface area contributed by atoms with E-state index in [9.17, 15) is 18.0 Å². The number of unbranched alkanes of at least 4 members (excludes halogenated alkanes) is 1. The Morgan fingerprint density at radius 3 is 2.17 bits per heavy atom. The van der Waals surface area contributed by atoms with Crippen molar-refractivity contribution in [2.24, 2.45) is 5.11 Å². The summed E-state index contributed by atoms with van der Waals surface area (Å²) in [6.45, 7) is 17.2. The van der Waals surface area contributed by atoms with Crippen molar-refractivity contribution in [3.63, 3.8) is 0 Å². The molecule has 2 amide bonds. The number of ether oxygens (including phenoxy) is 2. The molecule has 0 aliphatic carbocycles. The van der Waals surface area contributed by atoms with Gasteiger partial charge >= 0.3 is 6.09 Å². The average molecular weight is 853 g/mol. The Morgan fingerprint density at radius 1 is 0.981 bits per heavy atom. The lowest BCUT2D eigenvalue weighted by Crippen LogP contribution is -2.46. The lowest BCUT2D eigenvalue weighted by molar-refractivity contribution is -0.116. The zero-order valence-corrected chi connectivity index (χ0v) is 36.8. The Kier molecular flexibility index (Phi) is 22.8. The van der Waals surface area contributed by atoms with Crippen molar-refractivity contribution in [3.8, 4) is 5.75 Å². The van der Waals surface area contributed by atoms with Gasteiger partial charge in [0.2, 0.25) is 19.7 Å². The Labute approximate surface area is 339 Å². The van der Waals surface area contributed by atoms with Gasteiger partial charge in [-0.3, -0.25) is 9.69 Å². The number of hydrogen-bond acceptors (Lipinski definition) is 8. The van der Waals surface area contributed by atoms with Crippen LogP contribution in [0.4, 0.5) is 4.79 Å². The van der Waals surface area contributed by atoms with E-state index in [2.05, 4.69) is 46.5 Å². The summed E-state index contributed by atoms with van der Waals surface area (Å²) < 4.78 is 37.5. The van der Waals surface area contributed by atoms with Crippen molar-refractivity contribution in [2.75, 3.05) is 71.8 Å². The summed E-state index contributed by atoms with van der Waals surface area (Å²) in [6.07, 6.45) is 7.19. The summed E-state index contributed by atoms with van der Waals surface area (Å²) in [7, 11) is -3.49. The van der Waals surface area contributed by atoms with Crippen molar-refractivity contribution in [1.29, 1.82) is 0 Å². The van der Waals surface area contributed by atoms with E-state index >= 15 is 0 Å². The highest BCUT2D eigenvalue weighted by atomic mass is 35.6. The number of carbonyl (C=O) groups excluding carboxylic acids is 2. The molecule has 0 bridgehead atoms. The molecule has 0 fully saturated rings. The van der Waals surface area contributed by atoms with E-state index in [0.717, 1.165) is 11.3 Å². The Balaban J connectivity index is 2.81. The third-order valence-electron chi connectivity index (χ3n) is 8.38. The number of carbonyl (C=O) groups is 2. The number of sulfonamides is 1. The van der Waals surface area contributed by atoms with Crippen LogP contribution in [0.1, 0.15) is 51.5 Å². The van der Waals surface area contributed by atoms with Gasteiger partial charge in [0.05, 0.1) is 12.9 Å². The topological polar surface area (TPSA) is 157 Å². The molecule has 0 atom stereocenters. The first-order valence-electron chi connectivity index (χ1n) is 18.2. The average Bonchev–Trinajstić information content (AvgIpc) is 3.09. The van der Waals surface area contributed by atoms with Crippen LogP contribution in [0.3, 0.4) is 0 Å². The largest absolute Gasteiger partial charge is 0.497 e. The molecule has 0 aromatic heterocycles. The second-order valence-electron chi connectivity index (χ2n) is 14.6. The van der Waals surface area contributed by atoms with Gasteiger partial charge in [0, 0.05) is 71.4 Å². The van der Waals surface area contributed by atoms with Crippen LogP contribution in [0, 0.1) is 0 Å². The maximum atomic E-state index is 13.5. The van der Waals surface area contributed by atoms with Gasteiger partial charge in [-0.2, -0.15) is 0 Å². The summed E-state index contributed by atoms with van der Waals surface area (Å²) >= 11 is 18.1. The molecule has 306 valence electrons. The maximum absolute atomic E-state index is 13.5. The van der Waals surface area contributed by atoms with Gasteiger partial charge in [-0.15, -0.1) is 6.58 Å². The second-order valence-corrected chi connectivity index (χ2v) is 24.6. The number of nitrogens with zero attached hydrogens (tertiary/aromatic N) is 6. The van der Waals surface area contributed by atoms with E-state index in [-0.39, 0.29) is 24.7 Å². The number of azide groups is 1. The van der Waals surface area contributed by atoms with Crippen LogP contribution in [0.2, 0.25) is 25.7 Å². The quantitative estimate of drug-likeness (QED) is 0.0137. The van der Waals surface area contributed by atoms with Crippen molar-refractivity contribution in [2.45, 2.75) is 81.0 Å². The number of methoxy groups -OCH3 is 1. The maximum Gasteiger partial charge on any atom is 0.410 e. The van der Waals surface area contributed by atoms with E-state index in [4.69, 9.17) is 49.8 Å². The predicted molar refractivity (Wildman–Crippen MR) is 225 cm³/mol. The normalized spacial score (nSPS) is 12.5. The number of alkyl halides is 3. The summed E-state index contributed by atoms with van der Waals surface area (Å²) in [5.41, 5.74) is 8.11. The van der Waals surface area contributed by atoms with Crippen molar-refractivity contribution >= 4 is 71.0 Å². The number of rotatable bonds is 27. The minimum Gasteiger partial charge on any atom is -0.497 e. The fourth-order valence-electron chi connectivity index (χ4n) is 4.97. The molecule has 1 aromatic rings. The standard InChI is InChI=1S/C36H60Cl3N7O6SSi/c1-8-22-44(23-12-26-45(25-11-21-42-43-40)34(48)52-35(2,3)36(37,38)39)24-13-28-46(53(49,50)29-30-54(5,6)7)27-10-9-20-41-33(47)19-16-31-14-17-32(51-4)18-15-31/h8,14-19H,1,9-13,20-30H2,2-7H3,(H,41,47)/b19-16+. The number of benzene rings is 1. The van der Waals surface area contributed by atoms with Crippen LogP contribution in [-0.2, 0) is 19.6 Å². The van der Waals surface area contributed by atoms with Crippen LogP contribution in [0.5, 0.6) is 5.75 Å². The van der Waals surface area contributed by atoms with E-state index < -0.39 is 33.6 Å². The molecule has 1 N–H and O–H groups in total. The molecule has 0 radical (unpaired) electrons. The molecule has 0 saturated heterocycles. The van der Waals surface area contributed by atoms with Crippen molar-refractivity contribution < 1.29 is 27.5 Å². The zero-order valence-electron chi connectivity index (χ0n) is 32.7. The van der Waals surface area contributed by atoms with Gasteiger partial charge in [0.25, 0.3) is 0 Å². The molecule has 1 aromatic carbocycles. The second kappa shape index (κ2) is 24.9. The minimum absolute atomic E-state index is 0.118. The molecule has 0 unspecified atom stereocenters. The fraction of sp³-hybridized carbons (Fsp3) is 0.667. The summed E-state index contributed by atoms with van der Waals surface area (Å²) in [5, 5.41) is 6.42. The Bertz CT molecular complexity index is 1480. The van der Waals surface area contributed by atoms with Gasteiger partial charge in [-0.25, -0.2) is 17.5 Å². The van der Waals surface area contributed by atoms with E-state index in [1.807, 2.05) is 24.3 Å². The minimum atomic E-state index is -3.48. The first-order chi connectivity index (χ1) is 25.2. The van der Waals surface area contributed by atoms with E-state index in [0.29, 0.717) is 84.0 Å². The van der Waals surface area contributed by atoms with Crippen LogP contribution in [0.25, 0.3) is 16.5 Å². The lowest BCUT2D eigenvalue weighted by Gasteiger charge is -2.34. The third kappa shape index (κ3) is 21.0. The van der Waals surface area contributed by atoms with Gasteiger partial charge in [-0.1, -0.05) is 77.8 Å². The highest BCUT2D eigenvalue weighted by Gasteiger charge is 2.44. The first kappa shape index (κ1) is 49.5. The van der Waals surface area contributed by atoms with E-state index in [1.165, 1.54) is 24.8 Å². The molecule has 0 spiro atoms. The molecule has 1 rings (SSSR count). The smallest absolute Gasteiger partial charge is 0.410 e. The number of hydrogen-bond donors (Lipinski definition) is 1. The van der Waals surface area contributed by atoms with Crippen LogP contribution in [-0.4, -0.2) is 124 Å². The van der Waals surface area contributed by atoms with Gasteiger partial charge in [-0.05, 0) is 87.8 Å². The van der Waals surface area contributed by atoms with Crippen LogP contribution in [0.15, 0.2) is 48.1 Å². The highest BCUT2D eigenvalue weighted by Crippen LogP contribution is 2.40. The number of halogens is 3.